The van der Waals surface area contributed by atoms with E-state index in [2.05, 4.69) is 26.8 Å². The molecule has 1 saturated carbocycles. The SMILES string of the molecule is Cc1cc(C2(C)CCCCC2)c(O)c(C)c1C. The minimum absolute atomic E-state index is 0.186. The fourth-order valence-corrected chi connectivity index (χ4v) is 3.13. The van der Waals surface area contributed by atoms with Crippen molar-refractivity contribution in [3.8, 4) is 5.75 Å². The first kappa shape index (κ1) is 12.5. The van der Waals surface area contributed by atoms with Crippen LogP contribution in [0.25, 0.3) is 0 Å². The van der Waals surface area contributed by atoms with Gasteiger partial charge in [-0.05, 0) is 55.7 Å². The van der Waals surface area contributed by atoms with Gasteiger partial charge in [-0.25, -0.2) is 0 Å². The summed E-state index contributed by atoms with van der Waals surface area (Å²) < 4.78 is 0. The Bertz CT molecular complexity index is 426. The topological polar surface area (TPSA) is 20.2 Å². The first-order chi connectivity index (χ1) is 7.96. The van der Waals surface area contributed by atoms with E-state index in [0.29, 0.717) is 5.75 Å². The van der Waals surface area contributed by atoms with E-state index >= 15 is 0 Å². The number of phenols is 1. The van der Waals surface area contributed by atoms with Crippen molar-refractivity contribution in [3.63, 3.8) is 0 Å². The molecular weight excluding hydrogens is 208 g/mol. The molecule has 0 radical (unpaired) electrons. The molecule has 1 aliphatic carbocycles. The van der Waals surface area contributed by atoms with Crippen molar-refractivity contribution >= 4 is 0 Å². The van der Waals surface area contributed by atoms with Gasteiger partial charge in [0.15, 0.2) is 0 Å². The van der Waals surface area contributed by atoms with Crippen molar-refractivity contribution in [2.24, 2.45) is 0 Å². The molecule has 0 amide bonds. The molecule has 0 saturated heterocycles. The molecule has 0 aliphatic heterocycles. The highest BCUT2D eigenvalue weighted by atomic mass is 16.3. The summed E-state index contributed by atoms with van der Waals surface area (Å²) in [6.45, 7) is 8.59. The number of hydrogen-bond donors (Lipinski definition) is 1. The summed E-state index contributed by atoms with van der Waals surface area (Å²) in [6.07, 6.45) is 6.36. The zero-order valence-electron chi connectivity index (χ0n) is 11.6. The van der Waals surface area contributed by atoms with Crippen molar-refractivity contribution in [1.82, 2.24) is 0 Å². The molecule has 0 spiro atoms. The molecule has 0 heterocycles. The largest absolute Gasteiger partial charge is 0.507 e. The van der Waals surface area contributed by atoms with Gasteiger partial charge in [-0.2, -0.15) is 0 Å². The highest BCUT2D eigenvalue weighted by Crippen LogP contribution is 2.44. The summed E-state index contributed by atoms with van der Waals surface area (Å²) in [7, 11) is 0. The van der Waals surface area contributed by atoms with E-state index < -0.39 is 0 Å². The number of hydrogen-bond acceptors (Lipinski definition) is 1. The van der Waals surface area contributed by atoms with Crippen LogP contribution in [0.2, 0.25) is 0 Å². The van der Waals surface area contributed by atoms with Gasteiger partial charge >= 0.3 is 0 Å². The Morgan fingerprint density at radius 3 is 2.18 bits per heavy atom. The second-order valence-corrected chi connectivity index (χ2v) is 5.96. The maximum Gasteiger partial charge on any atom is 0.122 e. The van der Waals surface area contributed by atoms with Gasteiger partial charge in [0.1, 0.15) is 5.75 Å². The first-order valence-electron chi connectivity index (χ1n) is 6.76. The van der Waals surface area contributed by atoms with Crippen molar-refractivity contribution in [1.29, 1.82) is 0 Å². The third-order valence-electron chi connectivity index (χ3n) is 4.73. The second-order valence-electron chi connectivity index (χ2n) is 5.96. The van der Waals surface area contributed by atoms with E-state index in [0.717, 1.165) is 5.56 Å². The fraction of sp³-hybridized carbons (Fsp3) is 0.625. The van der Waals surface area contributed by atoms with E-state index in [1.807, 2.05) is 6.92 Å². The molecule has 1 aromatic carbocycles. The van der Waals surface area contributed by atoms with Gasteiger partial charge in [0, 0.05) is 5.56 Å². The molecule has 0 unspecified atom stereocenters. The van der Waals surface area contributed by atoms with Crippen LogP contribution in [-0.2, 0) is 5.41 Å². The molecule has 1 N–H and O–H groups in total. The quantitative estimate of drug-likeness (QED) is 0.753. The molecule has 1 fully saturated rings. The maximum atomic E-state index is 10.4. The van der Waals surface area contributed by atoms with Crippen LogP contribution in [-0.4, -0.2) is 5.11 Å². The highest BCUT2D eigenvalue weighted by Gasteiger charge is 2.32. The molecule has 1 heteroatoms. The summed E-state index contributed by atoms with van der Waals surface area (Å²) in [4.78, 5) is 0. The average Bonchev–Trinajstić information content (AvgIpc) is 2.32. The summed E-state index contributed by atoms with van der Waals surface area (Å²) in [6, 6.07) is 2.21. The highest BCUT2D eigenvalue weighted by molar-refractivity contribution is 5.51. The van der Waals surface area contributed by atoms with Gasteiger partial charge in [0.05, 0.1) is 0 Å². The molecule has 1 nitrogen and oxygen atoms in total. The summed E-state index contributed by atoms with van der Waals surface area (Å²) >= 11 is 0. The summed E-state index contributed by atoms with van der Waals surface area (Å²) in [5, 5.41) is 10.4. The third kappa shape index (κ3) is 2.08. The minimum Gasteiger partial charge on any atom is -0.507 e. The molecule has 1 aromatic rings. The van der Waals surface area contributed by atoms with E-state index in [1.165, 1.54) is 48.8 Å². The van der Waals surface area contributed by atoms with E-state index in [4.69, 9.17) is 0 Å². The van der Waals surface area contributed by atoms with Gasteiger partial charge in [-0.15, -0.1) is 0 Å². The number of rotatable bonds is 1. The van der Waals surface area contributed by atoms with Crippen LogP contribution in [0.4, 0.5) is 0 Å². The smallest absolute Gasteiger partial charge is 0.122 e. The zero-order valence-corrected chi connectivity index (χ0v) is 11.6. The maximum absolute atomic E-state index is 10.4. The lowest BCUT2D eigenvalue weighted by Gasteiger charge is -2.35. The Labute approximate surface area is 105 Å². The van der Waals surface area contributed by atoms with Crippen LogP contribution < -0.4 is 0 Å². The van der Waals surface area contributed by atoms with Gasteiger partial charge in [-0.1, -0.05) is 32.3 Å². The standard InChI is InChI=1S/C16H24O/c1-11-10-14(15(17)13(3)12(11)2)16(4)8-6-5-7-9-16/h10,17H,5-9H2,1-4H3. The van der Waals surface area contributed by atoms with Crippen molar-refractivity contribution in [3.05, 3.63) is 28.3 Å². The van der Waals surface area contributed by atoms with Crippen molar-refractivity contribution in [2.75, 3.05) is 0 Å². The van der Waals surface area contributed by atoms with E-state index in [9.17, 15) is 5.11 Å². The lowest BCUT2D eigenvalue weighted by atomic mass is 9.70. The molecule has 2 rings (SSSR count). The molecule has 94 valence electrons. The monoisotopic (exact) mass is 232 g/mol. The normalized spacial score (nSPS) is 19.3. The summed E-state index contributed by atoms with van der Waals surface area (Å²) in [5.74, 6) is 0.539. The number of benzene rings is 1. The van der Waals surface area contributed by atoms with Crippen molar-refractivity contribution in [2.45, 2.75) is 65.2 Å². The van der Waals surface area contributed by atoms with Gasteiger partial charge in [-0.3, -0.25) is 0 Å². The van der Waals surface area contributed by atoms with E-state index in [1.54, 1.807) is 0 Å². The minimum atomic E-state index is 0.186. The van der Waals surface area contributed by atoms with Gasteiger partial charge in [0.25, 0.3) is 0 Å². The Kier molecular flexibility index (Phi) is 3.20. The van der Waals surface area contributed by atoms with Gasteiger partial charge in [0.2, 0.25) is 0 Å². The van der Waals surface area contributed by atoms with Crippen LogP contribution in [0, 0.1) is 20.8 Å². The fourth-order valence-electron chi connectivity index (χ4n) is 3.13. The molecular formula is C16H24O. The Morgan fingerprint density at radius 1 is 1.00 bits per heavy atom. The van der Waals surface area contributed by atoms with Crippen molar-refractivity contribution < 1.29 is 5.11 Å². The molecule has 17 heavy (non-hydrogen) atoms. The molecule has 0 bridgehead atoms. The third-order valence-corrected chi connectivity index (χ3v) is 4.73. The molecule has 0 aromatic heterocycles. The lowest BCUT2D eigenvalue weighted by Crippen LogP contribution is -2.25. The molecule has 0 atom stereocenters. The van der Waals surface area contributed by atoms with Crippen LogP contribution >= 0.6 is 0 Å². The van der Waals surface area contributed by atoms with Crippen LogP contribution in [0.3, 0.4) is 0 Å². The number of phenolic OH excluding ortho intramolecular Hbond substituents is 1. The predicted octanol–water partition coefficient (Wildman–Crippen LogP) is 4.54. The zero-order chi connectivity index (χ0) is 12.6. The number of aromatic hydroxyl groups is 1. The Morgan fingerprint density at radius 2 is 1.59 bits per heavy atom. The predicted molar refractivity (Wildman–Crippen MR) is 72.8 cm³/mol. The first-order valence-corrected chi connectivity index (χ1v) is 6.76. The number of aryl methyl sites for hydroxylation is 1. The molecule has 1 aliphatic rings. The Balaban J connectivity index is 2.51. The Hall–Kier alpha value is -0.980. The van der Waals surface area contributed by atoms with Gasteiger partial charge < -0.3 is 5.11 Å². The van der Waals surface area contributed by atoms with Crippen LogP contribution in [0.1, 0.15) is 61.3 Å². The van der Waals surface area contributed by atoms with Crippen LogP contribution in [0.5, 0.6) is 5.75 Å². The lowest BCUT2D eigenvalue weighted by molar-refractivity contribution is 0.307. The van der Waals surface area contributed by atoms with Crippen LogP contribution in [0.15, 0.2) is 6.07 Å². The van der Waals surface area contributed by atoms with E-state index in [-0.39, 0.29) is 5.41 Å². The summed E-state index contributed by atoms with van der Waals surface area (Å²) in [5.41, 5.74) is 4.96. The second kappa shape index (κ2) is 4.36. The average molecular weight is 232 g/mol.